The summed E-state index contributed by atoms with van der Waals surface area (Å²) in [6, 6.07) is 8.77. The second-order valence-electron chi connectivity index (χ2n) is 8.14. The van der Waals surface area contributed by atoms with Crippen LogP contribution in [0, 0.1) is 11.3 Å². The molecule has 0 radical (unpaired) electrons. The molecule has 5 nitrogen and oxygen atoms in total. The Balaban J connectivity index is 1.70. The largest absolute Gasteiger partial charge is 0.462 e. The SMILES string of the molecule is CC12CCOCC1C1(COC(N)=N1)c1cc(-c3cncc(Cl)c3)ccc1C2. The number of benzene rings is 1. The van der Waals surface area contributed by atoms with Gasteiger partial charge in [-0.15, -0.1) is 0 Å². The molecule has 5 rings (SSSR count). The first-order valence-corrected chi connectivity index (χ1v) is 9.68. The molecule has 1 aliphatic carbocycles. The minimum Gasteiger partial charge on any atom is -0.462 e. The third-order valence-electron chi connectivity index (χ3n) is 6.48. The zero-order valence-electron chi connectivity index (χ0n) is 15.2. The van der Waals surface area contributed by atoms with Crippen molar-refractivity contribution in [3.05, 3.63) is 52.8 Å². The standard InChI is InChI=1S/C21H22ClN3O2/c1-20-4-5-26-11-18(20)21(12-27-19(23)25-21)17-7-13(2-3-14(17)8-20)15-6-16(22)10-24-9-15/h2-3,6-7,9-10,18H,4-5,8,11-12H2,1H3,(H2,23,25). The van der Waals surface area contributed by atoms with Gasteiger partial charge in [-0.05, 0) is 47.1 Å². The molecular formula is C21H22ClN3O2. The fourth-order valence-corrected chi connectivity index (χ4v) is 5.25. The Morgan fingerprint density at radius 1 is 1.22 bits per heavy atom. The van der Waals surface area contributed by atoms with Crippen molar-refractivity contribution in [3.63, 3.8) is 0 Å². The minimum atomic E-state index is -0.491. The first-order chi connectivity index (χ1) is 13.0. The molecule has 1 spiro atoms. The average Bonchev–Trinajstić information content (AvgIpc) is 3.04. The normalized spacial score (nSPS) is 31.8. The van der Waals surface area contributed by atoms with Crippen molar-refractivity contribution in [2.75, 3.05) is 19.8 Å². The Bertz CT molecular complexity index is 947. The number of nitrogens with two attached hydrogens (primary N) is 1. The highest BCUT2D eigenvalue weighted by Gasteiger charge is 2.57. The van der Waals surface area contributed by atoms with Gasteiger partial charge in [-0.1, -0.05) is 30.7 Å². The lowest BCUT2D eigenvalue weighted by molar-refractivity contribution is -0.0792. The summed E-state index contributed by atoms with van der Waals surface area (Å²) in [6.07, 6.45) is 5.52. The molecule has 2 aliphatic heterocycles. The molecule has 0 amide bonds. The molecule has 1 saturated heterocycles. The molecule has 3 atom stereocenters. The Hall–Kier alpha value is -2.11. The number of aromatic nitrogens is 1. The van der Waals surface area contributed by atoms with Crippen molar-refractivity contribution in [1.29, 1.82) is 0 Å². The summed E-state index contributed by atoms with van der Waals surface area (Å²) in [5, 5.41) is 0.625. The smallest absolute Gasteiger partial charge is 0.283 e. The molecule has 3 heterocycles. The number of pyridine rings is 1. The second-order valence-corrected chi connectivity index (χ2v) is 8.57. The topological polar surface area (TPSA) is 69.7 Å². The number of rotatable bonds is 1. The van der Waals surface area contributed by atoms with E-state index >= 15 is 0 Å². The van der Waals surface area contributed by atoms with Crippen LogP contribution >= 0.6 is 11.6 Å². The number of halogens is 1. The van der Waals surface area contributed by atoms with Gasteiger partial charge < -0.3 is 15.2 Å². The predicted octanol–water partition coefficient (Wildman–Crippen LogP) is 3.54. The third kappa shape index (κ3) is 2.56. The van der Waals surface area contributed by atoms with Gasteiger partial charge in [0.1, 0.15) is 12.1 Å². The summed E-state index contributed by atoms with van der Waals surface area (Å²) in [4.78, 5) is 9.08. The van der Waals surface area contributed by atoms with Crippen LogP contribution in [0.25, 0.3) is 11.1 Å². The molecule has 1 aromatic carbocycles. The molecule has 1 aromatic heterocycles. The lowest BCUT2D eigenvalue weighted by atomic mass is 9.55. The molecule has 2 aromatic rings. The Morgan fingerprint density at radius 3 is 2.89 bits per heavy atom. The first-order valence-electron chi connectivity index (χ1n) is 9.30. The van der Waals surface area contributed by atoms with Gasteiger partial charge >= 0.3 is 0 Å². The van der Waals surface area contributed by atoms with Crippen molar-refractivity contribution >= 4 is 17.6 Å². The molecule has 140 valence electrons. The van der Waals surface area contributed by atoms with E-state index in [0.29, 0.717) is 18.2 Å². The lowest BCUT2D eigenvalue weighted by Crippen LogP contribution is -2.54. The highest BCUT2D eigenvalue weighted by atomic mass is 35.5. The maximum atomic E-state index is 6.15. The van der Waals surface area contributed by atoms with Gasteiger partial charge in [-0.2, -0.15) is 0 Å². The Kier molecular flexibility index (Phi) is 3.75. The summed E-state index contributed by atoms with van der Waals surface area (Å²) in [5.41, 5.74) is 10.2. The fraction of sp³-hybridized carbons (Fsp3) is 0.429. The molecule has 6 heteroatoms. The minimum absolute atomic E-state index is 0.127. The van der Waals surface area contributed by atoms with Crippen LogP contribution in [0.1, 0.15) is 24.5 Å². The Morgan fingerprint density at radius 2 is 2.11 bits per heavy atom. The average molecular weight is 384 g/mol. The second kappa shape index (κ2) is 5.94. The van der Waals surface area contributed by atoms with E-state index in [1.54, 1.807) is 6.20 Å². The maximum Gasteiger partial charge on any atom is 0.283 e. The fourth-order valence-electron chi connectivity index (χ4n) is 5.08. The van der Waals surface area contributed by atoms with E-state index in [-0.39, 0.29) is 17.4 Å². The number of aliphatic imine (C=N–C) groups is 1. The van der Waals surface area contributed by atoms with Crippen LogP contribution in [0.15, 0.2) is 41.7 Å². The van der Waals surface area contributed by atoms with Crippen LogP contribution in [0.4, 0.5) is 0 Å². The number of hydrogen-bond acceptors (Lipinski definition) is 5. The summed E-state index contributed by atoms with van der Waals surface area (Å²) >= 11 is 6.15. The third-order valence-corrected chi connectivity index (χ3v) is 6.69. The molecule has 0 bridgehead atoms. The van der Waals surface area contributed by atoms with Crippen LogP contribution in [-0.2, 0) is 21.4 Å². The van der Waals surface area contributed by atoms with Gasteiger partial charge in [0.25, 0.3) is 6.02 Å². The van der Waals surface area contributed by atoms with Crippen LogP contribution in [-0.4, -0.2) is 30.8 Å². The summed E-state index contributed by atoms with van der Waals surface area (Å²) in [5.74, 6) is 0.236. The quantitative estimate of drug-likeness (QED) is 0.817. The van der Waals surface area contributed by atoms with E-state index < -0.39 is 5.54 Å². The van der Waals surface area contributed by atoms with Gasteiger partial charge in [-0.25, -0.2) is 4.99 Å². The van der Waals surface area contributed by atoms with E-state index in [1.165, 1.54) is 11.1 Å². The Labute approximate surface area is 163 Å². The van der Waals surface area contributed by atoms with Gasteiger partial charge in [0.15, 0.2) is 0 Å². The van der Waals surface area contributed by atoms with E-state index in [4.69, 9.17) is 31.8 Å². The molecular weight excluding hydrogens is 362 g/mol. The maximum absolute atomic E-state index is 6.15. The number of amidine groups is 1. The van der Waals surface area contributed by atoms with Gasteiger partial charge in [0.2, 0.25) is 0 Å². The van der Waals surface area contributed by atoms with E-state index in [1.807, 2.05) is 12.3 Å². The molecule has 27 heavy (non-hydrogen) atoms. The molecule has 3 unspecified atom stereocenters. The number of fused-ring (bicyclic) bond motifs is 4. The van der Waals surface area contributed by atoms with Gasteiger partial charge in [0.05, 0.1) is 11.6 Å². The number of ether oxygens (including phenoxy) is 2. The molecule has 0 saturated carbocycles. The van der Waals surface area contributed by atoms with Crippen molar-refractivity contribution in [3.8, 4) is 11.1 Å². The van der Waals surface area contributed by atoms with Crippen LogP contribution in [0.5, 0.6) is 0 Å². The van der Waals surface area contributed by atoms with Crippen LogP contribution < -0.4 is 5.73 Å². The molecule has 3 aliphatic rings. The molecule has 2 N–H and O–H groups in total. The summed E-state index contributed by atoms with van der Waals surface area (Å²) < 4.78 is 11.6. The van der Waals surface area contributed by atoms with Crippen molar-refractivity contribution in [2.45, 2.75) is 25.3 Å². The van der Waals surface area contributed by atoms with Crippen molar-refractivity contribution < 1.29 is 9.47 Å². The highest BCUT2D eigenvalue weighted by Crippen LogP contribution is 2.56. The van der Waals surface area contributed by atoms with Crippen LogP contribution in [0.3, 0.4) is 0 Å². The first kappa shape index (κ1) is 17.0. The highest BCUT2D eigenvalue weighted by molar-refractivity contribution is 6.30. The van der Waals surface area contributed by atoms with Crippen molar-refractivity contribution in [2.24, 2.45) is 22.1 Å². The van der Waals surface area contributed by atoms with Crippen molar-refractivity contribution in [1.82, 2.24) is 4.98 Å². The summed E-state index contributed by atoms with van der Waals surface area (Å²) in [7, 11) is 0. The van der Waals surface area contributed by atoms with E-state index in [9.17, 15) is 0 Å². The molecule has 1 fully saturated rings. The van der Waals surface area contributed by atoms with Crippen LogP contribution in [0.2, 0.25) is 5.02 Å². The zero-order chi connectivity index (χ0) is 18.6. The van der Waals surface area contributed by atoms with Gasteiger partial charge in [0, 0.05) is 30.5 Å². The number of nitrogens with zero attached hydrogens (tertiary/aromatic N) is 2. The number of hydrogen-bond donors (Lipinski definition) is 1. The summed E-state index contributed by atoms with van der Waals surface area (Å²) in [6.45, 7) is 4.29. The lowest BCUT2D eigenvalue weighted by Gasteiger charge is -2.52. The van der Waals surface area contributed by atoms with E-state index in [0.717, 1.165) is 30.6 Å². The zero-order valence-corrected chi connectivity index (χ0v) is 16.0. The van der Waals surface area contributed by atoms with E-state index in [2.05, 4.69) is 30.1 Å². The van der Waals surface area contributed by atoms with Gasteiger partial charge in [-0.3, -0.25) is 4.98 Å². The monoisotopic (exact) mass is 383 g/mol. The predicted molar refractivity (Wildman–Crippen MR) is 105 cm³/mol.